The van der Waals surface area contributed by atoms with Crippen molar-refractivity contribution in [3.8, 4) is 5.75 Å². The Labute approximate surface area is 113 Å². The maximum Gasteiger partial charge on any atom is 0.126 e. The highest BCUT2D eigenvalue weighted by Gasteiger charge is 2.21. The molecule has 0 aliphatic heterocycles. The quantitative estimate of drug-likeness (QED) is 0.836. The van der Waals surface area contributed by atoms with Gasteiger partial charge in [0.05, 0.1) is 0 Å². The molecule has 0 aromatic heterocycles. The van der Waals surface area contributed by atoms with Crippen molar-refractivity contribution in [3.63, 3.8) is 0 Å². The van der Waals surface area contributed by atoms with E-state index in [0.29, 0.717) is 10.8 Å². The molecule has 0 heterocycles. The second kappa shape index (κ2) is 6.26. The van der Waals surface area contributed by atoms with E-state index in [1.165, 1.54) is 6.42 Å². The van der Waals surface area contributed by atoms with E-state index in [1.807, 2.05) is 19.1 Å². The Morgan fingerprint density at radius 3 is 2.83 bits per heavy atom. The standard InChI is InChI=1S/C15H19ClO2/c1-11(15(17)12-6-3-2-4-7-12)18-14-9-5-8-13(16)10-14/h5-6,8-11,15,17H,2-4,7H2,1H3. The topological polar surface area (TPSA) is 29.5 Å². The average molecular weight is 267 g/mol. The number of hydrogen-bond donors (Lipinski definition) is 1. The van der Waals surface area contributed by atoms with E-state index in [0.717, 1.165) is 24.8 Å². The van der Waals surface area contributed by atoms with Crippen molar-refractivity contribution in [3.05, 3.63) is 40.9 Å². The summed E-state index contributed by atoms with van der Waals surface area (Å²) in [6.07, 6.45) is 5.79. The lowest BCUT2D eigenvalue weighted by Crippen LogP contribution is -2.31. The minimum absolute atomic E-state index is 0.257. The van der Waals surface area contributed by atoms with Crippen molar-refractivity contribution >= 4 is 11.6 Å². The molecule has 1 aromatic rings. The third-order valence-corrected chi connectivity index (χ3v) is 3.50. The van der Waals surface area contributed by atoms with Crippen LogP contribution in [0.15, 0.2) is 35.9 Å². The van der Waals surface area contributed by atoms with Gasteiger partial charge in [-0.3, -0.25) is 0 Å². The summed E-state index contributed by atoms with van der Waals surface area (Å²) in [4.78, 5) is 0. The molecule has 2 unspecified atom stereocenters. The van der Waals surface area contributed by atoms with E-state index < -0.39 is 6.10 Å². The summed E-state index contributed by atoms with van der Waals surface area (Å²) < 4.78 is 5.73. The van der Waals surface area contributed by atoms with E-state index in [1.54, 1.807) is 12.1 Å². The molecule has 1 aliphatic carbocycles. The SMILES string of the molecule is CC(Oc1cccc(Cl)c1)C(O)C1=CCCCC1. The predicted octanol–water partition coefficient (Wildman–Crippen LogP) is 3.97. The first-order chi connectivity index (χ1) is 8.66. The zero-order chi connectivity index (χ0) is 13.0. The maximum absolute atomic E-state index is 10.2. The fraction of sp³-hybridized carbons (Fsp3) is 0.467. The number of hydrogen-bond acceptors (Lipinski definition) is 2. The highest BCUT2D eigenvalue weighted by molar-refractivity contribution is 6.30. The molecule has 0 bridgehead atoms. The molecule has 0 spiro atoms. The Balaban J connectivity index is 1.98. The lowest BCUT2D eigenvalue weighted by Gasteiger charge is -2.25. The number of rotatable bonds is 4. The number of benzene rings is 1. The number of allylic oxidation sites excluding steroid dienone is 1. The van der Waals surface area contributed by atoms with Crippen LogP contribution in [0.1, 0.15) is 32.6 Å². The summed E-state index contributed by atoms with van der Waals surface area (Å²) >= 11 is 5.90. The summed E-state index contributed by atoms with van der Waals surface area (Å²) in [7, 11) is 0. The summed E-state index contributed by atoms with van der Waals surface area (Å²) in [6, 6.07) is 7.26. The van der Waals surface area contributed by atoms with Crippen LogP contribution >= 0.6 is 11.6 Å². The first-order valence-electron chi connectivity index (χ1n) is 6.46. The van der Waals surface area contributed by atoms with Crippen molar-refractivity contribution < 1.29 is 9.84 Å². The van der Waals surface area contributed by atoms with Crippen LogP contribution in [-0.4, -0.2) is 17.3 Å². The van der Waals surface area contributed by atoms with E-state index >= 15 is 0 Å². The third kappa shape index (κ3) is 3.50. The van der Waals surface area contributed by atoms with Gasteiger partial charge in [0.25, 0.3) is 0 Å². The van der Waals surface area contributed by atoms with Crippen molar-refractivity contribution in [2.24, 2.45) is 0 Å². The lowest BCUT2D eigenvalue weighted by molar-refractivity contribution is 0.0684. The third-order valence-electron chi connectivity index (χ3n) is 3.27. The summed E-state index contributed by atoms with van der Waals surface area (Å²) in [5.74, 6) is 0.699. The number of halogens is 1. The zero-order valence-electron chi connectivity index (χ0n) is 10.6. The summed E-state index contributed by atoms with van der Waals surface area (Å²) in [5, 5.41) is 10.9. The number of ether oxygens (including phenoxy) is 1. The van der Waals surface area contributed by atoms with Gasteiger partial charge < -0.3 is 9.84 Å². The van der Waals surface area contributed by atoms with Crippen molar-refractivity contribution in [1.29, 1.82) is 0 Å². The highest BCUT2D eigenvalue weighted by atomic mass is 35.5. The van der Waals surface area contributed by atoms with Gasteiger partial charge >= 0.3 is 0 Å². The Bertz CT molecular complexity index is 428. The minimum atomic E-state index is -0.524. The van der Waals surface area contributed by atoms with Gasteiger partial charge in [0.15, 0.2) is 0 Å². The molecular weight excluding hydrogens is 248 g/mol. The van der Waals surface area contributed by atoms with Gasteiger partial charge in [0.2, 0.25) is 0 Å². The molecule has 0 saturated carbocycles. The normalized spacial score (nSPS) is 18.9. The number of aliphatic hydroxyl groups is 1. The van der Waals surface area contributed by atoms with Crippen LogP contribution in [0.4, 0.5) is 0 Å². The van der Waals surface area contributed by atoms with Crippen LogP contribution in [0, 0.1) is 0 Å². The Hall–Kier alpha value is -0.990. The van der Waals surface area contributed by atoms with Crippen LogP contribution < -0.4 is 4.74 Å². The van der Waals surface area contributed by atoms with Crippen LogP contribution in [-0.2, 0) is 0 Å². The summed E-state index contributed by atoms with van der Waals surface area (Å²) in [5.41, 5.74) is 1.11. The van der Waals surface area contributed by atoms with E-state index in [-0.39, 0.29) is 6.10 Å². The van der Waals surface area contributed by atoms with Gasteiger partial charge in [-0.2, -0.15) is 0 Å². The second-order valence-corrected chi connectivity index (χ2v) is 5.19. The Morgan fingerprint density at radius 2 is 2.17 bits per heavy atom. The molecule has 2 nitrogen and oxygen atoms in total. The Kier molecular flexibility index (Phi) is 4.67. The molecule has 0 radical (unpaired) electrons. The first-order valence-corrected chi connectivity index (χ1v) is 6.84. The van der Waals surface area contributed by atoms with Gasteiger partial charge in [-0.05, 0) is 56.4 Å². The lowest BCUT2D eigenvalue weighted by atomic mass is 9.93. The molecule has 18 heavy (non-hydrogen) atoms. The Morgan fingerprint density at radius 1 is 1.33 bits per heavy atom. The molecule has 1 aliphatic rings. The van der Waals surface area contributed by atoms with Crippen molar-refractivity contribution in [2.45, 2.75) is 44.8 Å². The van der Waals surface area contributed by atoms with E-state index in [4.69, 9.17) is 16.3 Å². The molecule has 0 saturated heterocycles. The van der Waals surface area contributed by atoms with Crippen LogP contribution in [0.2, 0.25) is 5.02 Å². The summed E-state index contributed by atoms with van der Waals surface area (Å²) in [6.45, 7) is 1.89. The molecular formula is C15H19ClO2. The molecule has 0 fully saturated rings. The molecule has 3 heteroatoms. The number of aliphatic hydroxyl groups excluding tert-OH is 1. The van der Waals surface area contributed by atoms with Crippen LogP contribution in [0.3, 0.4) is 0 Å². The fourth-order valence-corrected chi connectivity index (χ4v) is 2.43. The van der Waals surface area contributed by atoms with Crippen molar-refractivity contribution in [2.75, 3.05) is 0 Å². The predicted molar refractivity (Wildman–Crippen MR) is 74.1 cm³/mol. The average Bonchev–Trinajstić information content (AvgIpc) is 2.39. The van der Waals surface area contributed by atoms with Gasteiger partial charge in [0.1, 0.15) is 18.0 Å². The van der Waals surface area contributed by atoms with Crippen molar-refractivity contribution in [1.82, 2.24) is 0 Å². The maximum atomic E-state index is 10.2. The van der Waals surface area contributed by atoms with Crippen LogP contribution in [0.25, 0.3) is 0 Å². The fourth-order valence-electron chi connectivity index (χ4n) is 2.25. The zero-order valence-corrected chi connectivity index (χ0v) is 11.4. The van der Waals surface area contributed by atoms with Gasteiger partial charge in [-0.25, -0.2) is 0 Å². The largest absolute Gasteiger partial charge is 0.488 e. The monoisotopic (exact) mass is 266 g/mol. The highest BCUT2D eigenvalue weighted by Crippen LogP contribution is 2.25. The van der Waals surface area contributed by atoms with Gasteiger partial charge in [0, 0.05) is 5.02 Å². The minimum Gasteiger partial charge on any atom is -0.488 e. The van der Waals surface area contributed by atoms with Gasteiger partial charge in [-0.15, -0.1) is 0 Å². The van der Waals surface area contributed by atoms with E-state index in [2.05, 4.69) is 6.08 Å². The molecule has 1 aromatic carbocycles. The second-order valence-electron chi connectivity index (χ2n) is 4.75. The van der Waals surface area contributed by atoms with Gasteiger partial charge in [-0.1, -0.05) is 23.7 Å². The smallest absolute Gasteiger partial charge is 0.126 e. The molecule has 1 N–H and O–H groups in total. The van der Waals surface area contributed by atoms with E-state index in [9.17, 15) is 5.11 Å². The molecule has 2 rings (SSSR count). The first kappa shape index (κ1) is 13.4. The van der Waals surface area contributed by atoms with Crippen LogP contribution in [0.5, 0.6) is 5.75 Å². The molecule has 2 atom stereocenters. The molecule has 98 valence electrons. The molecule has 0 amide bonds.